The summed E-state index contributed by atoms with van der Waals surface area (Å²) in [5.41, 5.74) is 0.777. The van der Waals surface area contributed by atoms with Crippen LogP contribution in [0.5, 0.6) is 0 Å². The van der Waals surface area contributed by atoms with Crippen molar-refractivity contribution in [3.05, 3.63) is 41.4 Å². The number of aryl methyl sites for hydroxylation is 1. The molecule has 0 saturated carbocycles. The molecule has 0 unspecified atom stereocenters. The maximum absolute atomic E-state index is 11.7. The maximum Gasteiger partial charge on any atom is 0.345 e. The van der Waals surface area contributed by atoms with Crippen molar-refractivity contribution in [1.29, 1.82) is 0 Å². The number of aliphatic hydroxyl groups excluding tert-OH is 1. The zero-order valence-corrected chi connectivity index (χ0v) is 10.6. The summed E-state index contributed by atoms with van der Waals surface area (Å²) in [6, 6.07) is 3.64. The number of Topliss-reactive ketones (excluding diaryl/α,β-unsaturated/α-hetero) is 1. The van der Waals surface area contributed by atoms with E-state index in [1.165, 1.54) is 0 Å². The van der Waals surface area contributed by atoms with Crippen LogP contribution in [0.25, 0.3) is 0 Å². The lowest BCUT2D eigenvalue weighted by Crippen LogP contribution is -2.31. The fourth-order valence-electron chi connectivity index (χ4n) is 1.98. The molecule has 19 heavy (non-hydrogen) atoms. The van der Waals surface area contributed by atoms with E-state index in [1.807, 2.05) is 12.1 Å². The van der Waals surface area contributed by atoms with E-state index in [-0.39, 0.29) is 30.0 Å². The van der Waals surface area contributed by atoms with Crippen LogP contribution in [0.2, 0.25) is 0 Å². The first-order valence-electron chi connectivity index (χ1n) is 6.13. The Balaban J connectivity index is 2.09. The largest absolute Gasteiger partial charge is 0.511 e. The second kappa shape index (κ2) is 5.65. The lowest BCUT2D eigenvalue weighted by molar-refractivity contribution is -0.150. The van der Waals surface area contributed by atoms with Gasteiger partial charge in [0.25, 0.3) is 0 Å². The van der Waals surface area contributed by atoms with Crippen LogP contribution in [0, 0.1) is 0 Å². The second-order valence-corrected chi connectivity index (χ2v) is 4.52. The van der Waals surface area contributed by atoms with E-state index in [9.17, 15) is 14.7 Å². The van der Waals surface area contributed by atoms with E-state index in [4.69, 9.17) is 4.74 Å². The molecule has 1 atom stereocenters. The van der Waals surface area contributed by atoms with Crippen LogP contribution in [-0.4, -0.2) is 27.9 Å². The number of rotatable bonds is 3. The number of ether oxygens (including phenoxy) is 1. The van der Waals surface area contributed by atoms with Crippen molar-refractivity contribution >= 4 is 11.8 Å². The molecule has 0 radical (unpaired) electrons. The molecule has 1 aromatic rings. The molecule has 100 valence electrons. The molecule has 1 N–H and O–H groups in total. The lowest BCUT2D eigenvalue weighted by atomic mass is 9.99. The SMILES string of the molecule is C[C@@H]1CC(=O)/C(=C(\O)CCc2ccncc2)C(=O)O1. The van der Waals surface area contributed by atoms with Gasteiger partial charge in [-0.3, -0.25) is 9.78 Å². The van der Waals surface area contributed by atoms with Gasteiger partial charge in [-0.25, -0.2) is 4.79 Å². The van der Waals surface area contributed by atoms with E-state index in [0.717, 1.165) is 5.56 Å². The molecule has 0 aromatic carbocycles. The fourth-order valence-corrected chi connectivity index (χ4v) is 1.98. The number of nitrogens with zero attached hydrogens (tertiary/aromatic N) is 1. The molecule has 1 saturated heterocycles. The first-order valence-corrected chi connectivity index (χ1v) is 6.13. The standard InChI is InChI=1S/C14H15NO4/c1-9-8-12(17)13(14(18)19-9)11(16)3-2-10-4-6-15-7-5-10/h4-7,9,16H,2-3,8H2,1H3/b13-11+/t9-/m1/s1. The molecule has 2 heterocycles. The van der Waals surface area contributed by atoms with E-state index >= 15 is 0 Å². The summed E-state index contributed by atoms with van der Waals surface area (Å²) in [6.07, 6.45) is 3.78. The maximum atomic E-state index is 11.7. The Morgan fingerprint density at radius 1 is 1.42 bits per heavy atom. The number of ketones is 1. The Hall–Kier alpha value is -2.17. The molecule has 1 aliphatic heterocycles. The molecule has 0 aliphatic carbocycles. The minimum absolute atomic E-state index is 0.125. The first-order chi connectivity index (χ1) is 9.08. The molecule has 1 aliphatic rings. The van der Waals surface area contributed by atoms with Gasteiger partial charge in [0.15, 0.2) is 5.78 Å². The highest BCUT2D eigenvalue weighted by molar-refractivity contribution is 6.19. The van der Waals surface area contributed by atoms with Gasteiger partial charge in [0.1, 0.15) is 17.4 Å². The third kappa shape index (κ3) is 3.19. The summed E-state index contributed by atoms with van der Waals surface area (Å²) < 4.78 is 4.95. The van der Waals surface area contributed by atoms with Gasteiger partial charge in [0.2, 0.25) is 0 Å². The number of pyridine rings is 1. The van der Waals surface area contributed by atoms with Crippen LogP contribution in [-0.2, 0) is 20.7 Å². The van der Waals surface area contributed by atoms with E-state index in [2.05, 4.69) is 4.98 Å². The van der Waals surface area contributed by atoms with Crippen molar-refractivity contribution in [3.63, 3.8) is 0 Å². The quantitative estimate of drug-likeness (QED) is 0.388. The van der Waals surface area contributed by atoms with Gasteiger partial charge in [-0.05, 0) is 31.0 Å². The molecule has 0 bridgehead atoms. The molecule has 5 nitrogen and oxygen atoms in total. The summed E-state index contributed by atoms with van der Waals surface area (Å²) in [4.78, 5) is 27.2. The Morgan fingerprint density at radius 2 is 2.11 bits per heavy atom. The molecule has 1 aromatic heterocycles. The number of esters is 1. The van der Waals surface area contributed by atoms with Crippen LogP contribution >= 0.6 is 0 Å². The topological polar surface area (TPSA) is 76.5 Å². The van der Waals surface area contributed by atoms with Gasteiger partial charge in [-0.15, -0.1) is 0 Å². The first kappa shape index (κ1) is 13.3. The van der Waals surface area contributed by atoms with Gasteiger partial charge >= 0.3 is 5.97 Å². The van der Waals surface area contributed by atoms with Crippen molar-refractivity contribution < 1.29 is 19.4 Å². The monoisotopic (exact) mass is 261 g/mol. The average Bonchev–Trinajstić information content (AvgIpc) is 2.36. The molecule has 2 rings (SSSR count). The summed E-state index contributed by atoms with van der Waals surface area (Å²) in [5.74, 6) is -1.27. The van der Waals surface area contributed by atoms with E-state index < -0.39 is 12.1 Å². The molecular formula is C14H15NO4. The predicted octanol–water partition coefficient (Wildman–Crippen LogP) is 1.73. The van der Waals surface area contributed by atoms with Crippen LogP contribution in [0.1, 0.15) is 25.3 Å². The van der Waals surface area contributed by atoms with Crippen molar-refractivity contribution in [2.24, 2.45) is 0 Å². The van der Waals surface area contributed by atoms with Crippen molar-refractivity contribution in [1.82, 2.24) is 4.98 Å². The van der Waals surface area contributed by atoms with Crippen LogP contribution in [0.15, 0.2) is 35.9 Å². The van der Waals surface area contributed by atoms with E-state index in [0.29, 0.717) is 6.42 Å². The third-order valence-electron chi connectivity index (χ3n) is 2.95. The number of carbonyl (C=O) groups excluding carboxylic acids is 2. The highest BCUT2D eigenvalue weighted by atomic mass is 16.5. The van der Waals surface area contributed by atoms with Crippen LogP contribution < -0.4 is 0 Å². The highest BCUT2D eigenvalue weighted by Gasteiger charge is 2.32. The molecule has 5 heteroatoms. The molecule has 0 amide bonds. The Morgan fingerprint density at radius 3 is 2.74 bits per heavy atom. The molecular weight excluding hydrogens is 246 g/mol. The van der Waals surface area contributed by atoms with Crippen LogP contribution in [0.4, 0.5) is 0 Å². The van der Waals surface area contributed by atoms with Gasteiger partial charge in [-0.1, -0.05) is 0 Å². The number of aromatic nitrogens is 1. The number of aliphatic hydroxyl groups is 1. The van der Waals surface area contributed by atoms with Gasteiger partial charge < -0.3 is 9.84 Å². The summed E-state index contributed by atoms with van der Waals surface area (Å²) >= 11 is 0. The highest BCUT2D eigenvalue weighted by Crippen LogP contribution is 2.20. The second-order valence-electron chi connectivity index (χ2n) is 4.52. The predicted molar refractivity (Wildman–Crippen MR) is 67.4 cm³/mol. The molecule has 0 spiro atoms. The Bertz CT molecular complexity index is 502. The zero-order valence-electron chi connectivity index (χ0n) is 10.6. The van der Waals surface area contributed by atoms with Crippen molar-refractivity contribution in [2.75, 3.05) is 0 Å². The average molecular weight is 261 g/mol. The Labute approximate surface area is 110 Å². The minimum atomic E-state index is -0.726. The van der Waals surface area contributed by atoms with Gasteiger partial charge in [-0.2, -0.15) is 0 Å². The lowest BCUT2D eigenvalue weighted by Gasteiger charge is -2.20. The fraction of sp³-hybridized carbons (Fsp3) is 0.357. The number of hydrogen-bond acceptors (Lipinski definition) is 5. The Kier molecular flexibility index (Phi) is 3.94. The van der Waals surface area contributed by atoms with Crippen molar-refractivity contribution in [3.8, 4) is 0 Å². The summed E-state index contributed by atoms with van der Waals surface area (Å²) in [6.45, 7) is 1.65. The number of allylic oxidation sites excluding steroid dienone is 1. The normalized spacial score (nSPS) is 22.1. The van der Waals surface area contributed by atoms with Gasteiger partial charge in [0, 0.05) is 25.2 Å². The smallest absolute Gasteiger partial charge is 0.345 e. The zero-order chi connectivity index (χ0) is 13.8. The number of hydrogen-bond donors (Lipinski definition) is 1. The number of carbonyl (C=O) groups is 2. The molecule has 1 fully saturated rings. The van der Waals surface area contributed by atoms with E-state index in [1.54, 1.807) is 19.3 Å². The van der Waals surface area contributed by atoms with Crippen LogP contribution in [0.3, 0.4) is 0 Å². The summed E-state index contributed by atoms with van der Waals surface area (Å²) in [7, 11) is 0. The minimum Gasteiger partial charge on any atom is -0.511 e. The van der Waals surface area contributed by atoms with Crippen molar-refractivity contribution in [2.45, 2.75) is 32.3 Å². The van der Waals surface area contributed by atoms with Gasteiger partial charge in [0.05, 0.1) is 0 Å². The summed E-state index contributed by atoms with van der Waals surface area (Å²) in [5, 5.41) is 9.90. The number of cyclic esters (lactones) is 1. The third-order valence-corrected chi connectivity index (χ3v) is 2.95.